The van der Waals surface area contributed by atoms with Crippen molar-refractivity contribution in [3.63, 3.8) is 0 Å². The second kappa shape index (κ2) is 11.2. The number of rotatable bonds is 8. The van der Waals surface area contributed by atoms with Crippen molar-refractivity contribution in [1.82, 2.24) is 9.88 Å². The number of halogens is 3. The Kier molecular flexibility index (Phi) is 7.72. The van der Waals surface area contributed by atoms with Crippen LogP contribution in [0.5, 0.6) is 0 Å². The molecule has 0 saturated heterocycles. The van der Waals surface area contributed by atoms with Gasteiger partial charge in [-0.15, -0.1) is 0 Å². The zero-order chi connectivity index (χ0) is 29.2. The van der Waals surface area contributed by atoms with Gasteiger partial charge in [0.15, 0.2) is 0 Å². The molecule has 5 rings (SSSR count). The quantitative estimate of drug-likeness (QED) is 0.237. The third-order valence-electron chi connectivity index (χ3n) is 7.43. The normalized spacial score (nSPS) is 14.9. The standard InChI is InChI=1S/C34H29F3N2O2/c1-39(2)20-19-33(41,30-14-8-12-24-9-6-7-13-28(24)30)31(25-10-4-3-5-11-25)29-21-26(22-38-32(29)40)23-15-17-27(18-16-23)34(35,36)37/h3-7,9-13,15-18,21-22,31,41H,19-20H2,1-2H3,(H,38,40). The largest absolute Gasteiger partial charge is 0.416 e. The van der Waals surface area contributed by atoms with E-state index in [0.29, 0.717) is 28.8 Å². The summed E-state index contributed by atoms with van der Waals surface area (Å²) in [4.78, 5) is 18.3. The number of nitrogens with one attached hydrogen (secondary N) is 1. The third kappa shape index (κ3) is 5.76. The predicted octanol–water partition coefficient (Wildman–Crippen LogP) is 6.74. The lowest BCUT2D eigenvalue weighted by Crippen LogP contribution is -2.43. The molecule has 4 aromatic rings. The summed E-state index contributed by atoms with van der Waals surface area (Å²) in [5.74, 6) is -0.836. The van der Waals surface area contributed by atoms with Gasteiger partial charge in [-0.25, -0.2) is 0 Å². The van der Waals surface area contributed by atoms with E-state index in [-0.39, 0.29) is 12.0 Å². The molecular formula is C34H29F3N2O2. The first-order valence-electron chi connectivity index (χ1n) is 13.2. The molecule has 0 spiro atoms. The zero-order valence-corrected chi connectivity index (χ0v) is 22.7. The fraction of sp³-hybridized carbons (Fsp3) is 0.206. The molecule has 4 nitrogen and oxygen atoms in total. The number of hydrogen-bond donors (Lipinski definition) is 2. The molecule has 0 bridgehead atoms. The smallest absolute Gasteiger partial charge is 0.383 e. The van der Waals surface area contributed by atoms with Crippen molar-refractivity contribution in [3.8, 4) is 11.1 Å². The fourth-order valence-corrected chi connectivity index (χ4v) is 5.35. The first-order chi connectivity index (χ1) is 19.6. The van der Waals surface area contributed by atoms with E-state index in [9.17, 15) is 23.1 Å². The maximum atomic E-state index is 13.5. The Hall–Kier alpha value is -4.38. The van der Waals surface area contributed by atoms with Gasteiger partial charge in [0, 0.05) is 29.8 Å². The molecule has 2 unspecified atom stereocenters. The van der Waals surface area contributed by atoms with Crippen molar-refractivity contribution < 1.29 is 18.3 Å². The van der Waals surface area contributed by atoms with Crippen LogP contribution in [0.3, 0.4) is 0 Å². The van der Waals surface area contributed by atoms with E-state index in [0.717, 1.165) is 23.3 Å². The minimum atomic E-state index is -4.46. The van der Waals surface area contributed by atoms with Crippen LogP contribution in [0.25, 0.3) is 22.8 Å². The highest BCUT2D eigenvalue weighted by Gasteiger charge is 2.44. The monoisotopic (exact) mass is 554 g/mol. The highest BCUT2D eigenvalue weighted by molar-refractivity contribution is 5.82. The molecule has 7 heteroatoms. The number of aliphatic hydroxyl groups is 1. The summed E-state index contributed by atoms with van der Waals surface area (Å²) in [6, 6.07) is 23.4. The number of alkyl halides is 3. The van der Waals surface area contributed by atoms with Gasteiger partial charge in [0.05, 0.1) is 5.56 Å². The van der Waals surface area contributed by atoms with E-state index in [2.05, 4.69) is 16.4 Å². The van der Waals surface area contributed by atoms with Crippen molar-refractivity contribution >= 4 is 11.6 Å². The molecule has 1 aliphatic carbocycles. The number of H-pyrrole nitrogens is 1. The minimum absolute atomic E-state index is 0.266. The van der Waals surface area contributed by atoms with E-state index in [1.807, 2.05) is 73.6 Å². The van der Waals surface area contributed by atoms with Crippen LogP contribution in [0.2, 0.25) is 0 Å². The summed E-state index contributed by atoms with van der Waals surface area (Å²) in [5.41, 5.74) is 7.68. The Bertz CT molecular complexity index is 1710. The highest BCUT2D eigenvalue weighted by Crippen LogP contribution is 2.46. The van der Waals surface area contributed by atoms with E-state index in [4.69, 9.17) is 0 Å². The molecule has 0 amide bonds. The van der Waals surface area contributed by atoms with Crippen molar-refractivity contribution in [1.29, 1.82) is 0 Å². The number of aromatic amines is 1. The molecule has 1 aliphatic rings. The molecule has 1 heterocycles. The van der Waals surface area contributed by atoms with E-state index >= 15 is 0 Å². The van der Waals surface area contributed by atoms with Gasteiger partial charge in [0.25, 0.3) is 5.56 Å². The molecule has 0 radical (unpaired) electrons. The maximum absolute atomic E-state index is 13.5. The summed E-state index contributed by atoms with van der Waals surface area (Å²) in [7, 11) is 3.82. The van der Waals surface area contributed by atoms with Gasteiger partial charge in [-0.05, 0) is 72.6 Å². The topological polar surface area (TPSA) is 56.3 Å². The van der Waals surface area contributed by atoms with Crippen LogP contribution in [0.1, 0.15) is 40.2 Å². The van der Waals surface area contributed by atoms with Crippen LogP contribution in [0.4, 0.5) is 13.2 Å². The van der Waals surface area contributed by atoms with Gasteiger partial charge in [-0.1, -0.05) is 78.2 Å². The summed E-state index contributed by atoms with van der Waals surface area (Å²) < 4.78 is 39.5. The first-order valence-corrected chi connectivity index (χ1v) is 13.2. The van der Waals surface area contributed by atoms with Gasteiger partial charge < -0.3 is 15.0 Å². The van der Waals surface area contributed by atoms with Gasteiger partial charge in [-0.2, -0.15) is 13.2 Å². The average molecular weight is 555 g/mol. The highest BCUT2D eigenvalue weighted by atomic mass is 19.4. The Labute approximate surface area is 236 Å². The van der Waals surface area contributed by atoms with Crippen LogP contribution < -0.4 is 5.56 Å². The Balaban J connectivity index is 1.73. The number of aromatic nitrogens is 1. The second-order valence-corrected chi connectivity index (χ2v) is 10.4. The molecule has 208 valence electrons. The van der Waals surface area contributed by atoms with Gasteiger partial charge in [0.1, 0.15) is 5.60 Å². The SMILES string of the molecule is CN(C)CCC(O)(C1=C=C=Cc2ccccc21)C(c1ccccc1)c1cc(-c2ccc(C(F)(F)F)cc2)c[nH]c1=O. The van der Waals surface area contributed by atoms with E-state index in [1.54, 1.807) is 12.1 Å². The average Bonchev–Trinajstić information content (AvgIpc) is 2.97. The Morgan fingerprint density at radius 3 is 2.29 bits per heavy atom. The Morgan fingerprint density at radius 1 is 0.927 bits per heavy atom. The lowest BCUT2D eigenvalue weighted by atomic mass is 9.69. The Morgan fingerprint density at radius 2 is 1.61 bits per heavy atom. The summed E-state index contributed by atoms with van der Waals surface area (Å²) in [6.45, 7) is 0.507. The lowest BCUT2D eigenvalue weighted by Gasteiger charge is -2.39. The summed E-state index contributed by atoms with van der Waals surface area (Å²) in [6.07, 6.45) is -0.905. The minimum Gasteiger partial charge on any atom is -0.383 e. The van der Waals surface area contributed by atoms with Crippen LogP contribution in [-0.4, -0.2) is 41.2 Å². The maximum Gasteiger partial charge on any atom is 0.416 e. The van der Waals surface area contributed by atoms with E-state index < -0.39 is 28.8 Å². The molecular weight excluding hydrogens is 525 g/mol. The van der Waals surface area contributed by atoms with Crippen LogP contribution in [0, 0.1) is 0 Å². The van der Waals surface area contributed by atoms with Crippen molar-refractivity contribution in [3.05, 3.63) is 141 Å². The molecule has 0 saturated carbocycles. The molecule has 0 aliphatic heterocycles. The lowest BCUT2D eigenvalue weighted by molar-refractivity contribution is -0.137. The van der Waals surface area contributed by atoms with Gasteiger partial charge in [-0.3, -0.25) is 4.79 Å². The second-order valence-electron chi connectivity index (χ2n) is 10.4. The summed E-state index contributed by atoms with van der Waals surface area (Å²) in [5, 5.41) is 12.9. The van der Waals surface area contributed by atoms with Crippen molar-refractivity contribution in [2.45, 2.75) is 24.1 Å². The third-order valence-corrected chi connectivity index (χ3v) is 7.43. The van der Waals surface area contributed by atoms with Gasteiger partial charge in [0.2, 0.25) is 0 Å². The first kappa shape index (κ1) is 28.2. The molecule has 1 aromatic heterocycles. The number of pyridine rings is 1. The van der Waals surface area contributed by atoms with Crippen LogP contribution in [-0.2, 0) is 6.18 Å². The number of benzene rings is 3. The van der Waals surface area contributed by atoms with Crippen LogP contribution in [0.15, 0.2) is 107 Å². The van der Waals surface area contributed by atoms with Crippen molar-refractivity contribution in [2.24, 2.45) is 0 Å². The molecule has 2 N–H and O–H groups in total. The number of hydrogen-bond acceptors (Lipinski definition) is 3. The zero-order valence-electron chi connectivity index (χ0n) is 22.7. The molecule has 41 heavy (non-hydrogen) atoms. The van der Waals surface area contributed by atoms with Crippen molar-refractivity contribution in [2.75, 3.05) is 20.6 Å². The van der Waals surface area contributed by atoms with Crippen LogP contribution >= 0.6 is 0 Å². The molecule has 3 aromatic carbocycles. The van der Waals surface area contributed by atoms with E-state index in [1.165, 1.54) is 18.3 Å². The molecule has 0 fully saturated rings. The summed E-state index contributed by atoms with van der Waals surface area (Å²) >= 11 is 0. The predicted molar refractivity (Wildman–Crippen MR) is 155 cm³/mol. The fourth-order valence-electron chi connectivity index (χ4n) is 5.35. The number of fused-ring (bicyclic) bond motifs is 1. The molecule has 2 atom stereocenters. The number of nitrogens with zero attached hydrogens (tertiary/aromatic N) is 1. The van der Waals surface area contributed by atoms with Gasteiger partial charge >= 0.3 is 6.18 Å².